The molecule has 0 saturated heterocycles. The van der Waals surface area contributed by atoms with Crippen LogP contribution in [0.3, 0.4) is 0 Å². The maximum atomic E-state index is 14.5. The molecule has 2 aromatic heterocycles. The van der Waals surface area contributed by atoms with Crippen LogP contribution < -0.4 is 0 Å². The number of aromatic nitrogens is 2. The Morgan fingerprint density at radius 1 is 0.513 bits per heavy atom. The zero-order valence-corrected chi connectivity index (χ0v) is 43.7. The van der Waals surface area contributed by atoms with Crippen molar-refractivity contribution in [1.29, 1.82) is 0 Å². The maximum Gasteiger partial charge on any atom is 0.190 e. The largest absolute Gasteiger partial charge is 0.313 e. The molecule has 8 aromatic rings. The summed E-state index contributed by atoms with van der Waals surface area (Å²) >= 11 is 0. The van der Waals surface area contributed by atoms with Gasteiger partial charge >= 0.3 is 0 Å². The van der Waals surface area contributed by atoms with Crippen molar-refractivity contribution in [2.24, 2.45) is 5.92 Å². The zero-order valence-electron chi connectivity index (χ0n) is 43.7. The number of benzene rings is 6. The lowest BCUT2D eigenvalue weighted by atomic mass is 9.69. The standard InChI is InChI=1S/C74H58N2O2/c77-73-62-36-26-54(52-23-33-60(34-24-52)76-71-39-29-57(49-17-9-3-10-18-49)43-65(71)66-44-58(30-40-72(66)76)50-19-11-4-12-20-50)46-68(62)74(78)61-35-25-53(45-67(61)73)51-21-31-59(32-22-51)75-69-37-27-55(47-13-5-1-6-14-47)41-63(69)64-42-56(28-38-70(64)75)48-15-7-2-8-16-48/h1-3,5-7,9-11,13-15,17-27,29-34,36-37,39-40,42-45,54-55,61H,4,8,12,16,28,35,38,41,46H2. The molecule has 0 bridgehead atoms. The van der Waals surface area contributed by atoms with Gasteiger partial charge in [0, 0.05) is 62.1 Å². The van der Waals surface area contributed by atoms with Gasteiger partial charge in [-0.05, 0) is 191 Å². The van der Waals surface area contributed by atoms with Crippen molar-refractivity contribution in [3.8, 4) is 22.5 Å². The molecule has 4 heteroatoms. The van der Waals surface area contributed by atoms with Gasteiger partial charge in [0.15, 0.2) is 11.6 Å². The first-order valence-corrected chi connectivity index (χ1v) is 28.2. The summed E-state index contributed by atoms with van der Waals surface area (Å²) in [5.74, 6) is -0.0603. The van der Waals surface area contributed by atoms with E-state index in [1.165, 1.54) is 72.3 Å². The zero-order chi connectivity index (χ0) is 51.8. The van der Waals surface area contributed by atoms with Crippen LogP contribution in [0.4, 0.5) is 0 Å². The maximum absolute atomic E-state index is 14.5. The number of carbonyl (C=O) groups is 2. The number of ketones is 2. The van der Waals surface area contributed by atoms with E-state index in [-0.39, 0.29) is 17.5 Å². The molecule has 0 saturated carbocycles. The van der Waals surface area contributed by atoms with Gasteiger partial charge in [0.25, 0.3) is 0 Å². The Morgan fingerprint density at radius 3 is 1.99 bits per heavy atom. The second-order valence-corrected chi connectivity index (χ2v) is 22.2. The summed E-state index contributed by atoms with van der Waals surface area (Å²) in [5.41, 5.74) is 24.3. The van der Waals surface area contributed by atoms with Gasteiger partial charge in [-0.3, -0.25) is 9.59 Å². The van der Waals surface area contributed by atoms with E-state index in [1.54, 1.807) is 0 Å². The normalized spacial score (nSPS) is 20.4. The Morgan fingerprint density at radius 2 is 1.22 bits per heavy atom. The molecule has 7 aliphatic carbocycles. The van der Waals surface area contributed by atoms with Crippen LogP contribution in [0, 0.1) is 5.92 Å². The molecule has 2 heterocycles. The summed E-state index contributed by atoms with van der Waals surface area (Å²) in [7, 11) is 0. The van der Waals surface area contributed by atoms with Gasteiger partial charge in [-0.15, -0.1) is 0 Å². The highest BCUT2D eigenvalue weighted by atomic mass is 16.1. The molecule has 0 radical (unpaired) electrons. The highest BCUT2D eigenvalue weighted by molar-refractivity contribution is 6.24. The third-order valence-electron chi connectivity index (χ3n) is 17.8. The number of hydrogen-bond donors (Lipinski definition) is 0. The molecule has 0 aliphatic heterocycles. The fraction of sp³-hybridized carbons (Fsp3) is 0.162. The van der Waals surface area contributed by atoms with E-state index in [1.807, 2.05) is 12.2 Å². The second kappa shape index (κ2) is 19.0. The number of hydrogen-bond acceptors (Lipinski definition) is 2. The van der Waals surface area contributed by atoms with Crippen molar-refractivity contribution in [1.82, 2.24) is 9.13 Å². The first kappa shape index (κ1) is 46.4. The van der Waals surface area contributed by atoms with Crippen molar-refractivity contribution >= 4 is 56.7 Å². The first-order valence-electron chi connectivity index (χ1n) is 28.2. The molecule has 376 valence electrons. The van der Waals surface area contributed by atoms with Crippen LogP contribution in [0.25, 0.3) is 67.6 Å². The van der Waals surface area contributed by atoms with Gasteiger partial charge in [-0.1, -0.05) is 158 Å². The summed E-state index contributed by atoms with van der Waals surface area (Å²) in [6, 6.07) is 53.0. The molecule has 0 spiro atoms. The lowest BCUT2D eigenvalue weighted by Crippen LogP contribution is -2.33. The molecular weight excluding hydrogens is 949 g/mol. The smallest absolute Gasteiger partial charge is 0.190 e. The molecule has 6 aromatic carbocycles. The van der Waals surface area contributed by atoms with E-state index in [0.717, 1.165) is 84.1 Å². The van der Waals surface area contributed by atoms with Crippen LogP contribution in [0.2, 0.25) is 0 Å². The average Bonchev–Trinajstić information content (AvgIpc) is 4.23. The average molecular weight is 1010 g/mol. The number of fused-ring (bicyclic) bond motifs is 7. The van der Waals surface area contributed by atoms with E-state index in [9.17, 15) is 9.59 Å². The molecule has 0 fully saturated rings. The topological polar surface area (TPSA) is 44.0 Å². The van der Waals surface area contributed by atoms with E-state index in [2.05, 4.69) is 222 Å². The Balaban J connectivity index is 0.692. The number of allylic oxidation sites excluding steroid dienone is 18. The first-order chi connectivity index (χ1) is 38.5. The number of rotatable bonds is 8. The van der Waals surface area contributed by atoms with E-state index < -0.39 is 5.92 Å². The minimum absolute atomic E-state index is 0.0127. The summed E-state index contributed by atoms with van der Waals surface area (Å²) < 4.78 is 4.88. The van der Waals surface area contributed by atoms with E-state index >= 15 is 0 Å². The van der Waals surface area contributed by atoms with Crippen molar-refractivity contribution < 1.29 is 9.59 Å². The second-order valence-electron chi connectivity index (χ2n) is 22.2. The van der Waals surface area contributed by atoms with Crippen molar-refractivity contribution in [2.75, 3.05) is 0 Å². The molecule has 0 amide bonds. The van der Waals surface area contributed by atoms with Gasteiger partial charge in [0.1, 0.15) is 0 Å². The minimum atomic E-state index is -0.458. The molecule has 15 rings (SSSR count). The van der Waals surface area contributed by atoms with Crippen molar-refractivity contribution in [3.05, 3.63) is 285 Å². The van der Waals surface area contributed by atoms with Crippen molar-refractivity contribution in [3.63, 3.8) is 0 Å². The van der Waals surface area contributed by atoms with Crippen LogP contribution >= 0.6 is 0 Å². The highest BCUT2D eigenvalue weighted by Crippen LogP contribution is 2.46. The van der Waals surface area contributed by atoms with Gasteiger partial charge in [0.05, 0.1) is 17.0 Å². The Kier molecular flexibility index (Phi) is 11.3. The van der Waals surface area contributed by atoms with Crippen LogP contribution in [0.1, 0.15) is 102 Å². The van der Waals surface area contributed by atoms with E-state index in [0.29, 0.717) is 35.5 Å². The third-order valence-corrected chi connectivity index (χ3v) is 17.8. The fourth-order valence-electron chi connectivity index (χ4n) is 13.8. The summed E-state index contributed by atoms with van der Waals surface area (Å²) in [5, 5.41) is 2.45. The quantitative estimate of drug-likeness (QED) is 0.152. The third kappa shape index (κ3) is 7.87. The predicted octanol–water partition coefficient (Wildman–Crippen LogP) is 17.5. The summed E-state index contributed by atoms with van der Waals surface area (Å²) in [6.07, 6.45) is 37.6. The number of Topliss-reactive ketones (excluding diaryl/α,β-unsaturated/α-hetero) is 2. The Labute approximate surface area is 456 Å². The SMILES string of the molecule is O=C1C2=CC(c3ccc(-n4c5c(c6c4CCC(C4=CC=CCC4)=C6)CC(c4ccccc4)C=C5)cc3)=CCC2C(=O)C2=C1C=CC(c1ccc(-n3c4ccc(C5=CCCC=C5)cc4c4cc(-c5ccccc5)ccc43)cc1)C2. The minimum Gasteiger partial charge on any atom is -0.313 e. The molecule has 3 unspecified atom stereocenters. The van der Waals surface area contributed by atoms with Gasteiger partial charge < -0.3 is 9.13 Å². The highest BCUT2D eigenvalue weighted by Gasteiger charge is 2.41. The molecule has 4 nitrogen and oxygen atoms in total. The molecule has 3 atom stereocenters. The Hall–Kier alpha value is -8.86. The molecular formula is C74H58N2O2. The monoisotopic (exact) mass is 1010 g/mol. The molecule has 0 N–H and O–H groups in total. The fourth-order valence-corrected chi connectivity index (χ4v) is 13.8. The van der Waals surface area contributed by atoms with Crippen LogP contribution in [-0.2, 0) is 22.4 Å². The van der Waals surface area contributed by atoms with Gasteiger partial charge in [0.2, 0.25) is 0 Å². The van der Waals surface area contributed by atoms with Gasteiger partial charge in [-0.2, -0.15) is 0 Å². The van der Waals surface area contributed by atoms with Crippen LogP contribution in [0.5, 0.6) is 0 Å². The van der Waals surface area contributed by atoms with Crippen LogP contribution in [-0.4, -0.2) is 20.7 Å². The predicted molar refractivity (Wildman–Crippen MR) is 321 cm³/mol. The molecule has 78 heavy (non-hydrogen) atoms. The summed E-state index contributed by atoms with van der Waals surface area (Å²) in [6.45, 7) is 0. The van der Waals surface area contributed by atoms with Gasteiger partial charge in [-0.25, -0.2) is 0 Å². The lowest BCUT2D eigenvalue weighted by molar-refractivity contribution is -0.122. The number of nitrogens with zero attached hydrogens (tertiary/aromatic N) is 2. The van der Waals surface area contributed by atoms with Crippen molar-refractivity contribution in [2.45, 2.75) is 69.6 Å². The van der Waals surface area contributed by atoms with E-state index in [4.69, 9.17) is 0 Å². The molecule has 7 aliphatic rings. The number of carbonyl (C=O) groups excluding carboxylic acids is 2. The summed E-state index contributed by atoms with van der Waals surface area (Å²) in [4.78, 5) is 29.0. The Bertz CT molecular complexity index is 4170. The van der Waals surface area contributed by atoms with Crippen LogP contribution in [0.15, 0.2) is 240 Å². The lowest BCUT2D eigenvalue weighted by Gasteiger charge is -2.32.